The Hall–Kier alpha value is -0.633. The van der Waals surface area contributed by atoms with Crippen LogP contribution in [0.1, 0.15) is 0 Å². The summed E-state index contributed by atoms with van der Waals surface area (Å²) in [5, 5.41) is 0. The van der Waals surface area contributed by atoms with Gasteiger partial charge in [-0.1, -0.05) is 19.6 Å². The summed E-state index contributed by atoms with van der Waals surface area (Å²) in [6.07, 6.45) is 0. The van der Waals surface area contributed by atoms with Crippen LogP contribution in [-0.4, -0.2) is 31.3 Å². The first-order chi connectivity index (χ1) is 10.8. The van der Waals surface area contributed by atoms with Crippen molar-refractivity contribution in [1.82, 2.24) is 9.55 Å². The zero-order valence-electron chi connectivity index (χ0n) is 13.9. The Balaban J connectivity index is 2.15. The predicted octanol–water partition coefficient (Wildman–Crippen LogP) is 5.40. The molecule has 0 aliphatic carbocycles. The molecule has 0 saturated heterocycles. The summed E-state index contributed by atoms with van der Waals surface area (Å²) in [7, 11) is 0.586. The molecule has 2 rings (SSSR count). The predicted molar refractivity (Wildman–Crippen MR) is 104 cm³/mol. The molecule has 0 atom stereocenters. The number of nitrogens with zero attached hydrogens (tertiary/aromatic N) is 2. The number of imidazole rings is 1. The first-order valence-electron chi connectivity index (χ1n) is 7.45. The minimum Gasteiger partial charge on any atom is -0.497 e. The molecule has 7 heteroatoms. The molecule has 1 aromatic carbocycles. The van der Waals surface area contributed by atoms with Crippen molar-refractivity contribution >= 4 is 39.9 Å². The van der Waals surface area contributed by atoms with E-state index in [2.05, 4.69) is 56.5 Å². The van der Waals surface area contributed by atoms with E-state index in [-0.39, 0.29) is 0 Å². The van der Waals surface area contributed by atoms with Gasteiger partial charge in [0, 0.05) is 20.2 Å². The second-order valence-electron chi connectivity index (χ2n) is 6.52. The summed E-state index contributed by atoms with van der Waals surface area (Å²) in [6, 6.07) is 9.01. The molecule has 0 aliphatic rings. The van der Waals surface area contributed by atoms with Crippen molar-refractivity contribution in [2.75, 3.05) is 13.7 Å². The zero-order valence-corrected chi connectivity index (χ0v) is 18.1. The third-order valence-corrected chi connectivity index (χ3v) is 7.02. The fourth-order valence-corrected chi connectivity index (χ4v) is 3.51. The second-order valence-corrected chi connectivity index (χ2v) is 13.6. The molecule has 0 saturated carbocycles. The third-order valence-electron chi connectivity index (χ3n) is 3.43. The number of hydrogen-bond donors (Lipinski definition) is 0. The number of halogens is 2. The standard InChI is InChI=1S/C16H22Br2N2O2Si/c1-21-13-7-5-12(6-8-13)16-19-14(17)15(18)20(16)11-22-9-10-23(2,3)4/h5-8H,9-11H2,1-4H3. The summed E-state index contributed by atoms with van der Waals surface area (Å²) < 4.78 is 14.8. The monoisotopic (exact) mass is 460 g/mol. The lowest BCUT2D eigenvalue weighted by atomic mass is 10.2. The van der Waals surface area contributed by atoms with Gasteiger partial charge in [-0.3, -0.25) is 4.57 Å². The summed E-state index contributed by atoms with van der Waals surface area (Å²) in [6.45, 7) is 8.31. The number of methoxy groups -OCH3 is 1. The van der Waals surface area contributed by atoms with Crippen LogP contribution >= 0.6 is 31.9 Å². The number of rotatable bonds is 7. The molecule has 1 aromatic heterocycles. The molecule has 1 heterocycles. The number of benzene rings is 1. The summed E-state index contributed by atoms with van der Waals surface area (Å²) in [4.78, 5) is 4.58. The lowest BCUT2D eigenvalue weighted by molar-refractivity contribution is 0.0868. The molecule has 0 bridgehead atoms. The van der Waals surface area contributed by atoms with Crippen molar-refractivity contribution in [2.24, 2.45) is 0 Å². The quantitative estimate of drug-likeness (QED) is 0.409. The Labute approximate surface area is 155 Å². The average Bonchev–Trinajstić information content (AvgIpc) is 2.78. The molecule has 0 N–H and O–H groups in total. The molecule has 126 valence electrons. The van der Waals surface area contributed by atoms with E-state index >= 15 is 0 Å². The molecule has 0 spiro atoms. The Morgan fingerprint density at radius 3 is 2.35 bits per heavy atom. The van der Waals surface area contributed by atoms with E-state index in [4.69, 9.17) is 9.47 Å². The van der Waals surface area contributed by atoms with Gasteiger partial charge in [-0.2, -0.15) is 0 Å². The molecule has 0 radical (unpaired) electrons. The highest BCUT2D eigenvalue weighted by Gasteiger charge is 2.16. The first-order valence-corrected chi connectivity index (χ1v) is 12.7. The number of hydrogen-bond acceptors (Lipinski definition) is 3. The second kappa shape index (κ2) is 7.96. The van der Waals surface area contributed by atoms with E-state index in [1.54, 1.807) is 7.11 Å². The van der Waals surface area contributed by atoms with Crippen LogP contribution in [-0.2, 0) is 11.5 Å². The maximum Gasteiger partial charge on any atom is 0.144 e. The van der Waals surface area contributed by atoms with Crippen LogP contribution < -0.4 is 4.74 Å². The fraction of sp³-hybridized carbons (Fsp3) is 0.438. The minimum atomic E-state index is -1.08. The van der Waals surface area contributed by atoms with Gasteiger partial charge in [-0.05, 0) is 62.2 Å². The fourth-order valence-electron chi connectivity index (χ4n) is 2.02. The highest BCUT2D eigenvalue weighted by Crippen LogP contribution is 2.30. The topological polar surface area (TPSA) is 36.3 Å². The van der Waals surface area contributed by atoms with Crippen LogP contribution in [0.4, 0.5) is 0 Å². The maximum atomic E-state index is 5.88. The van der Waals surface area contributed by atoms with Crippen LogP contribution in [0.15, 0.2) is 33.5 Å². The third kappa shape index (κ3) is 5.17. The molecule has 2 aromatic rings. The van der Waals surface area contributed by atoms with Gasteiger partial charge in [0.15, 0.2) is 0 Å². The van der Waals surface area contributed by atoms with Gasteiger partial charge in [0.1, 0.15) is 27.5 Å². The maximum absolute atomic E-state index is 5.88. The Morgan fingerprint density at radius 2 is 1.78 bits per heavy atom. The smallest absolute Gasteiger partial charge is 0.144 e. The summed E-state index contributed by atoms with van der Waals surface area (Å²) in [5.74, 6) is 1.69. The minimum absolute atomic E-state index is 0.477. The largest absolute Gasteiger partial charge is 0.497 e. The van der Waals surface area contributed by atoms with Gasteiger partial charge >= 0.3 is 0 Å². The lowest BCUT2D eigenvalue weighted by Gasteiger charge is -2.16. The molecule has 23 heavy (non-hydrogen) atoms. The van der Waals surface area contributed by atoms with Crippen LogP contribution in [0, 0.1) is 0 Å². The van der Waals surface area contributed by atoms with Gasteiger partial charge < -0.3 is 9.47 Å². The summed E-state index contributed by atoms with van der Waals surface area (Å²) in [5.41, 5.74) is 1.02. The van der Waals surface area contributed by atoms with Crippen LogP contribution in [0.5, 0.6) is 5.75 Å². The highest BCUT2D eigenvalue weighted by atomic mass is 79.9. The van der Waals surface area contributed by atoms with E-state index in [1.807, 2.05) is 28.8 Å². The van der Waals surface area contributed by atoms with E-state index in [0.29, 0.717) is 6.73 Å². The van der Waals surface area contributed by atoms with E-state index in [0.717, 1.165) is 39.0 Å². The first kappa shape index (κ1) is 18.7. The van der Waals surface area contributed by atoms with Crippen molar-refractivity contribution in [1.29, 1.82) is 0 Å². The van der Waals surface area contributed by atoms with Crippen LogP contribution in [0.2, 0.25) is 25.7 Å². The Morgan fingerprint density at radius 1 is 1.13 bits per heavy atom. The molecule has 0 amide bonds. The van der Waals surface area contributed by atoms with Crippen molar-refractivity contribution in [3.8, 4) is 17.1 Å². The molecular formula is C16H22Br2N2O2Si. The van der Waals surface area contributed by atoms with Crippen LogP contribution in [0.25, 0.3) is 11.4 Å². The number of aromatic nitrogens is 2. The normalized spacial score (nSPS) is 11.7. The lowest BCUT2D eigenvalue weighted by Crippen LogP contribution is -2.22. The zero-order chi connectivity index (χ0) is 17.0. The van der Waals surface area contributed by atoms with Gasteiger partial charge in [0.05, 0.1) is 7.11 Å². The SMILES string of the molecule is COc1ccc(-c2nc(Br)c(Br)n2COCC[Si](C)(C)C)cc1. The molecular weight excluding hydrogens is 440 g/mol. The van der Waals surface area contributed by atoms with E-state index in [1.165, 1.54) is 0 Å². The van der Waals surface area contributed by atoms with Gasteiger partial charge in [-0.15, -0.1) is 0 Å². The molecule has 4 nitrogen and oxygen atoms in total. The van der Waals surface area contributed by atoms with Crippen molar-refractivity contribution in [2.45, 2.75) is 32.4 Å². The molecule has 0 unspecified atom stereocenters. The van der Waals surface area contributed by atoms with E-state index in [9.17, 15) is 0 Å². The number of ether oxygens (including phenoxy) is 2. The van der Waals surface area contributed by atoms with E-state index < -0.39 is 8.07 Å². The Kier molecular flexibility index (Phi) is 6.47. The highest BCUT2D eigenvalue weighted by molar-refractivity contribution is 9.13. The van der Waals surface area contributed by atoms with Crippen molar-refractivity contribution < 1.29 is 9.47 Å². The molecule has 0 aliphatic heterocycles. The Bertz CT molecular complexity index is 651. The van der Waals surface area contributed by atoms with Gasteiger partial charge in [0.25, 0.3) is 0 Å². The average molecular weight is 462 g/mol. The van der Waals surface area contributed by atoms with Gasteiger partial charge in [-0.25, -0.2) is 4.98 Å². The van der Waals surface area contributed by atoms with Crippen molar-refractivity contribution in [3.63, 3.8) is 0 Å². The van der Waals surface area contributed by atoms with Crippen molar-refractivity contribution in [3.05, 3.63) is 33.5 Å². The summed E-state index contributed by atoms with van der Waals surface area (Å²) >= 11 is 7.06. The van der Waals surface area contributed by atoms with Crippen LogP contribution in [0.3, 0.4) is 0 Å². The van der Waals surface area contributed by atoms with Gasteiger partial charge in [0.2, 0.25) is 0 Å². The molecule has 0 fully saturated rings.